The fraction of sp³-hybridized carbons (Fsp3) is 0.750. The normalized spacial score (nSPS) is 12.7. The highest BCUT2D eigenvalue weighted by Gasteiger charge is 2.15. The molecule has 16 heavy (non-hydrogen) atoms. The van der Waals surface area contributed by atoms with Gasteiger partial charge in [0.1, 0.15) is 0 Å². The third kappa shape index (κ3) is 7.43. The van der Waals surface area contributed by atoms with Gasteiger partial charge in [0, 0.05) is 5.57 Å². The topological polar surface area (TPSA) is 44.8 Å². The molecule has 0 aromatic rings. The van der Waals surface area contributed by atoms with Crippen LogP contribution in [0, 0.1) is 0 Å². The van der Waals surface area contributed by atoms with Gasteiger partial charge in [-0.1, -0.05) is 26.3 Å². The second-order valence-corrected chi connectivity index (χ2v) is 4.51. The highest BCUT2D eigenvalue weighted by atomic mass is 17.5. The van der Waals surface area contributed by atoms with Gasteiger partial charge in [0.05, 0.1) is 5.60 Å². The van der Waals surface area contributed by atoms with Crippen LogP contribution < -0.4 is 0 Å². The third-order valence-corrected chi connectivity index (χ3v) is 1.72. The van der Waals surface area contributed by atoms with Gasteiger partial charge in [-0.05, 0) is 38.7 Å². The lowest BCUT2D eigenvalue weighted by Crippen LogP contribution is -2.21. The van der Waals surface area contributed by atoms with E-state index < -0.39 is 11.6 Å². The van der Waals surface area contributed by atoms with Gasteiger partial charge < -0.3 is 0 Å². The van der Waals surface area contributed by atoms with Crippen molar-refractivity contribution in [3.8, 4) is 0 Å². The van der Waals surface area contributed by atoms with E-state index in [1.165, 1.54) is 0 Å². The first-order valence-corrected chi connectivity index (χ1v) is 5.66. The Hall–Kier alpha value is -0.870. The van der Waals surface area contributed by atoms with Gasteiger partial charge in [-0.15, -0.1) is 0 Å². The minimum Gasteiger partial charge on any atom is -0.264 e. The highest BCUT2D eigenvalue weighted by molar-refractivity contribution is 5.87. The van der Waals surface area contributed by atoms with E-state index in [2.05, 4.69) is 9.93 Å². The molecule has 0 saturated heterocycles. The molecule has 0 aromatic carbocycles. The van der Waals surface area contributed by atoms with Crippen LogP contribution in [0.15, 0.2) is 11.6 Å². The van der Waals surface area contributed by atoms with Crippen LogP contribution in [0.5, 0.6) is 0 Å². The van der Waals surface area contributed by atoms with Crippen LogP contribution in [-0.2, 0) is 19.6 Å². The zero-order chi connectivity index (χ0) is 12.6. The minimum absolute atomic E-state index is 0.486. The molecule has 0 rings (SSSR count). The molecule has 0 saturated carbocycles. The van der Waals surface area contributed by atoms with Crippen LogP contribution in [0.3, 0.4) is 0 Å². The summed E-state index contributed by atoms with van der Waals surface area (Å²) >= 11 is 0. The van der Waals surface area contributed by atoms with Crippen LogP contribution in [0.1, 0.15) is 53.9 Å². The number of allylic oxidation sites excluding steroid dienone is 1. The van der Waals surface area contributed by atoms with Crippen molar-refractivity contribution in [3.63, 3.8) is 0 Å². The monoisotopic (exact) mass is 230 g/mol. The van der Waals surface area contributed by atoms with Gasteiger partial charge in [-0.2, -0.15) is 4.89 Å². The van der Waals surface area contributed by atoms with E-state index in [1.807, 2.05) is 19.9 Å². The van der Waals surface area contributed by atoms with E-state index in [-0.39, 0.29) is 0 Å². The SMILES string of the molecule is CCCC=C(CC)C(=O)OOOC(C)(C)C. The number of carbonyl (C=O) groups excluding carboxylic acids is 1. The lowest BCUT2D eigenvalue weighted by Gasteiger charge is -2.15. The molecule has 0 N–H and O–H groups in total. The summed E-state index contributed by atoms with van der Waals surface area (Å²) in [4.78, 5) is 20.8. The van der Waals surface area contributed by atoms with Gasteiger partial charge in [0.25, 0.3) is 0 Å². The Kier molecular flexibility index (Phi) is 7.01. The molecule has 0 heterocycles. The van der Waals surface area contributed by atoms with E-state index in [0.717, 1.165) is 12.8 Å². The summed E-state index contributed by atoms with van der Waals surface area (Å²) in [5.74, 6) is -0.486. The Morgan fingerprint density at radius 2 is 1.88 bits per heavy atom. The minimum atomic E-state index is -0.500. The first-order valence-electron chi connectivity index (χ1n) is 5.66. The molecule has 0 atom stereocenters. The summed E-state index contributed by atoms with van der Waals surface area (Å²) in [6.07, 6.45) is 4.34. The Morgan fingerprint density at radius 3 is 2.31 bits per heavy atom. The predicted octanol–water partition coefficient (Wildman–Crippen LogP) is 3.33. The molecule has 0 fully saturated rings. The second kappa shape index (κ2) is 7.41. The van der Waals surface area contributed by atoms with Gasteiger partial charge in [-0.3, -0.25) is 4.89 Å². The Balaban J connectivity index is 4.03. The van der Waals surface area contributed by atoms with Gasteiger partial charge in [-0.25, -0.2) is 4.79 Å². The van der Waals surface area contributed by atoms with E-state index in [9.17, 15) is 4.79 Å². The van der Waals surface area contributed by atoms with Crippen LogP contribution in [-0.4, -0.2) is 11.6 Å². The molecule has 0 amide bonds. The Labute approximate surface area is 97.4 Å². The van der Waals surface area contributed by atoms with Crippen LogP contribution >= 0.6 is 0 Å². The summed E-state index contributed by atoms with van der Waals surface area (Å²) in [5, 5.41) is 4.43. The fourth-order valence-electron chi connectivity index (χ4n) is 0.894. The number of carbonyl (C=O) groups is 1. The van der Waals surface area contributed by atoms with Crippen molar-refractivity contribution < 1.29 is 19.6 Å². The first kappa shape index (κ1) is 15.1. The number of hydrogen-bond acceptors (Lipinski definition) is 4. The van der Waals surface area contributed by atoms with E-state index in [1.54, 1.807) is 20.8 Å². The Morgan fingerprint density at radius 1 is 1.25 bits per heavy atom. The average Bonchev–Trinajstić information content (AvgIpc) is 2.17. The molecule has 0 bridgehead atoms. The zero-order valence-electron chi connectivity index (χ0n) is 10.8. The maximum Gasteiger partial charge on any atom is 0.372 e. The second-order valence-electron chi connectivity index (χ2n) is 4.51. The summed E-state index contributed by atoms with van der Waals surface area (Å²) in [5.41, 5.74) is 0.110. The average molecular weight is 230 g/mol. The summed E-state index contributed by atoms with van der Waals surface area (Å²) in [6, 6.07) is 0. The lowest BCUT2D eigenvalue weighted by atomic mass is 10.1. The predicted molar refractivity (Wildman–Crippen MR) is 61.3 cm³/mol. The smallest absolute Gasteiger partial charge is 0.264 e. The molecule has 0 aromatic heterocycles. The lowest BCUT2D eigenvalue weighted by molar-refractivity contribution is -0.513. The molecular formula is C12H22O4. The molecule has 0 aliphatic carbocycles. The van der Waals surface area contributed by atoms with Crippen LogP contribution in [0.4, 0.5) is 0 Å². The standard InChI is InChI=1S/C12H22O4/c1-6-8-9-10(7-2)11(13)14-16-15-12(3,4)5/h9H,6-8H2,1-5H3. The number of rotatable bonds is 6. The van der Waals surface area contributed by atoms with Crippen molar-refractivity contribution in [1.82, 2.24) is 0 Å². The maximum atomic E-state index is 11.5. The molecule has 4 nitrogen and oxygen atoms in total. The van der Waals surface area contributed by atoms with E-state index >= 15 is 0 Å². The van der Waals surface area contributed by atoms with Crippen molar-refractivity contribution in [2.24, 2.45) is 0 Å². The van der Waals surface area contributed by atoms with Gasteiger partial charge in [0.2, 0.25) is 0 Å². The summed E-state index contributed by atoms with van der Waals surface area (Å²) in [6.45, 7) is 9.35. The van der Waals surface area contributed by atoms with E-state index in [0.29, 0.717) is 12.0 Å². The van der Waals surface area contributed by atoms with Crippen molar-refractivity contribution in [3.05, 3.63) is 11.6 Å². The Bertz CT molecular complexity index is 238. The zero-order valence-corrected chi connectivity index (χ0v) is 10.8. The number of hydrogen-bond donors (Lipinski definition) is 0. The molecule has 0 unspecified atom stereocenters. The molecule has 0 aliphatic rings. The van der Waals surface area contributed by atoms with Crippen molar-refractivity contribution in [1.29, 1.82) is 0 Å². The van der Waals surface area contributed by atoms with Gasteiger partial charge in [0.15, 0.2) is 0 Å². The number of unbranched alkanes of at least 4 members (excludes halogenated alkanes) is 1. The first-order chi connectivity index (χ1) is 7.40. The summed E-state index contributed by atoms with van der Waals surface area (Å²) in [7, 11) is 0. The van der Waals surface area contributed by atoms with Crippen molar-refractivity contribution >= 4 is 5.97 Å². The van der Waals surface area contributed by atoms with Crippen molar-refractivity contribution in [2.75, 3.05) is 0 Å². The molecule has 0 spiro atoms. The van der Waals surface area contributed by atoms with Crippen LogP contribution in [0.25, 0.3) is 0 Å². The van der Waals surface area contributed by atoms with E-state index in [4.69, 9.17) is 4.89 Å². The third-order valence-electron chi connectivity index (χ3n) is 1.72. The summed E-state index contributed by atoms with van der Waals surface area (Å²) < 4.78 is 0. The molecular weight excluding hydrogens is 208 g/mol. The molecule has 0 aliphatic heterocycles. The maximum absolute atomic E-state index is 11.5. The molecule has 94 valence electrons. The highest BCUT2D eigenvalue weighted by Crippen LogP contribution is 2.10. The van der Waals surface area contributed by atoms with Crippen molar-refractivity contribution in [2.45, 2.75) is 59.5 Å². The largest absolute Gasteiger partial charge is 0.372 e. The van der Waals surface area contributed by atoms with Crippen LogP contribution in [0.2, 0.25) is 0 Å². The van der Waals surface area contributed by atoms with Gasteiger partial charge >= 0.3 is 5.97 Å². The molecule has 0 radical (unpaired) electrons. The molecule has 4 heteroatoms. The fourth-order valence-corrected chi connectivity index (χ4v) is 0.894. The quantitative estimate of drug-likeness (QED) is 0.399.